The fourth-order valence-electron chi connectivity index (χ4n) is 1.45. The van der Waals surface area contributed by atoms with Gasteiger partial charge in [0.25, 0.3) is 0 Å². The van der Waals surface area contributed by atoms with E-state index >= 15 is 0 Å². The summed E-state index contributed by atoms with van der Waals surface area (Å²) in [5.74, 6) is 0. The molecule has 0 aromatic rings. The summed E-state index contributed by atoms with van der Waals surface area (Å²) < 4.78 is 6.30. The van der Waals surface area contributed by atoms with Crippen molar-refractivity contribution in [2.75, 3.05) is 0 Å². The zero-order valence-corrected chi connectivity index (χ0v) is 11.9. The minimum atomic E-state index is -1.70. The first-order valence-electron chi connectivity index (χ1n) is 5.33. The first-order chi connectivity index (χ1) is 6.02. The third kappa shape index (κ3) is 3.97. The molecule has 0 rings (SSSR count). The van der Waals surface area contributed by atoms with Gasteiger partial charge in [-0.1, -0.05) is 26.8 Å². The van der Waals surface area contributed by atoms with Crippen LogP contribution in [-0.2, 0) is 4.43 Å². The second-order valence-electron chi connectivity index (χ2n) is 6.19. The summed E-state index contributed by atoms with van der Waals surface area (Å²) in [4.78, 5) is 0. The molecule has 0 radical (unpaired) electrons. The van der Waals surface area contributed by atoms with E-state index in [-0.39, 0.29) is 10.6 Å². The molecule has 0 heterocycles. The molecule has 0 aliphatic carbocycles. The molecular formula is C12H26OSi. The first kappa shape index (κ1) is 13.9. The van der Waals surface area contributed by atoms with Crippen LogP contribution in [0.15, 0.2) is 12.7 Å². The summed E-state index contributed by atoms with van der Waals surface area (Å²) in [5.41, 5.74) is -0.0444. The van der Waals surface area contributed by atoms with E-state index in [4.69, 9.17) is 4.43 Å². The molecule has 84 valence electrons. The maximum atomic E-state index is 6.30. The summed E-state index contributed by atoms with van der Waals surface area (Å²) >= 11 is 0. The van der Waals surface area contributed by atoms with Crippen molar-refractivity contribution >= 4 is 8.32 Å². The molecule has 0 bridgehead atoms. The highest BCUT2D eigenvalue weighted by atomic mass is 28.4. The first-order valence-corrected chi connectivity index (χ1v) is 7.94. The Bertz CT molecular complexity index is 197. The molecule has 1 nitrogen and oxygen atoms in total. The molecule has 0 saturated heterocycles. The van der Waals surface area contributed by atoms with Gasteiger partial charge in [-0.05, 0) is 38.4 Å². The van der Waals surface area contributed by atoms with E-state index in [0.29, 0.717) is 0 Å². The normalized spacial score (nSPS) is 17.6. The van der Waals surface area contributed by atoms with Crippen molar-refractivity contribution in [3.63, 3.8) is 0 Å². The van der Waals surface area contributed by atoms with Crippen LogP contribution in [0.2, 0.25) is 17.6 Å². The Hall–Kier alpha value is -0.0831. The van der Waals surface area contributed by atoms with E-state index in [9.17, 15) is 0 Å². The van der Waals surface area contributed by atoms with Crippen molar-refractivity contribution < 1.29 is 4.43 Å². The average molecular weight is 214 g/mol. The van der Waals surface area contributed by atoms with Crippen LogP contribution < -0.4 is 0 Å². The summed E-state index contributed by atoms with van der Waals surface area (Å²) in [7, 11) is -1.70. The van der Waals surface area contributed by atoms with Gasteiger partial charge < -0.3 is 4.43 Å². The van der Waals surface area contributed by atoms with E-state index in [0.717, 1.165) is 6.04 Å². The number of hydrogen-bond donors (Lipinski definition) is 0. The van der Waals surface area contributed by atoms with Crippen LogP contribution in [-0.4, -0.2) is 13.9 Å². The second-order valence-corrected chi connectivity index (χ2v) is 10.8. The fourth-order valence-corrected chi connectivity index (χ4v) is 4.36. The molecule has 2 heteroatoms. The van der Waals surface area contributed by atoms with Crippen molar-refractivity contribution in [2.45, 2.75) is 64.8 Å². The van der Waals surface area contributed by atoms with E-state index in [1.807, 2.05) is 6.08 Å². The highest BCUT2D eigenvalue weighted by Crippen LogP contribution is 2.41. The minimum absolute atomic E-state index is 0.0444. The van der Waals surface area contributed by atoms with Crippen LogP contribution >= 0.6 is 0 Å². The lowest BCUT2D eigenvalue weighted by molar-refractivity contribution is 0.110. The summed E-state index contributed by atoms with van der Waals surface area (Å²) in [5, 5.41) is 0.258. The Balaban J connectivity index is 4.82. The topological polar surface area (TPSA) is 9.23 Å². The van der Waals surface area contributed by atoms with E-state index in [1.54, 1.807) is 0 Å². The van der Waals surface area contributed by atoms with Crippen LogP contribution in [0.4, 0.5) is 0 Å². The van der Waals surface area contributed by atoms with Crippen molar-refractivity contribution in [1.82, 2.24) is 0 Å². The van der Waals surface area contributed by atoms with Gasteiger partial charge >= 0.3 is 0 Å². The molecule has 0 aromatic heterocycles. The van der Waals surface area contributed by atoms with Gasteiger partial charge in [0.05, 0.1) is 0 Å². The Morgan fingerprint density at radius 3 is 1.79 bits per heavy atom. The number of allylic oxidation sites excluding steroid dienone is 1. The molecule has 0 spiro atoms. The van der Waals surface area contributed by atoms with Crippen molar-refractivity contribution in [1.29, 1.82) is 0 Å². The fraction of sp³-hybridized carbons (Fsp3) is 0.833. The van der Waals surface area contributed by atoms with Gasteiger partial charge in [-0.25, -0.2) is 0 Å². The van der Waals surface area contributed by atoms with Crippen LogP contribution in [0.5, 0.6) is 0 Å². The van der Waals surface area contributed by atoms with Gasteiger partial charge in [0.15, 0.2) is 8.32 Å². The van der Waals surface area contributed by atoms with Crippen LogP contribution in [0.1, 0.15) is 41.5 Å². The van der Waals surface area contributed by atoms with E-state index < -0.39 is 8.32 Å². The lowest BCUT2D eigenvalue weighted by Gasteiger charge is -2.43. The lowest BCUT2D eigenvalue weighted by Crippen LogP contribution is -2.48. The van der Waals surface area contributed by atoms with Gasteiger partial charge in [-0.2, -0.15) is 0 Å². The number of rotatable bonds is 3. The second kappa shape index (κ2) is 4.19. The van der Waals surface area contributed by atoms with Crippen molar-refractivity contribution in [2.24, 2.45) is 0 Å². The summed E-state index contributed by atoms with van der Waals surface area (Å²) in [6.45, 7) is 19.4. The molecule has 0 saturated carbocycles. The third-order valence-corrected chi connectivity index (χ3v) is 7.96. The van der Waals surface area contributed by atoms with E-state index in [2.05, 4.69) is 54.7 Å². The largest absolute Gasteiger partial charge is 0.412 e. The smallest absolute Gasteiger partial charge is 0.199 e. The zero-order chi connectivity index (χ0) is 11.6. The average Bonchev–Trinajstić information content (AvgIpc) is 1.79. The molecule has 0 aliphatic heterocycles. The Morgan fingerprint density at radius 1 is 1.14 bits per heavy atom. The number of hydrogen-bond acceptors (Lipinski definition) is 1. The molecule has 0 fully saturated rings. The lowest BCUT2D eigenvalue weighted by atomic mass is 10.2. The predicted molar refractivity (Wildman–Crippen MR) is 67.2 cm³/mol. The standard InChI is InChI=1S/C12H26OSi/c1-9-10-14(8,12(5,6)7)13-11(2,3)4/h9H,1,10H2,2-8H3. The molecular weight excluding hydrogens is 188 g/mol. The predicted octanol–water partition coefficient (Wildman–Crippen LogP) is 4.36. The molecule has 0 aliphatic rings. The molecule has 0 aromatic carbocycles. The monoisotopic (exact) mass is 214 g/mol. The maximum Gasteiger partial charge on any atom is 0.199 e. The van der Waals surface area contributed by atoms with Gasteiger partial charge in [0, 0.05) is 5.60 Å². The van der Waals surface area contributed by atoms with Gasteiger partial charge in [0.1, 0.15) is 0 Å². The Kier molecular flexibility index (Phi) is 4.17. The highest BCUT2D eigenvalue weighted by Gasteiger charge is 2.43. The molecule has 0 N–H and O–H groups in total. The Morgan fingerprint density at radius 2 is 1.57 bits per heavy atom. The third-order valence-electron chi connectivity index (χ3n) is 2.65. The summed E-state index contributed by atoms with van der Waals surface area (Å²) in [6, 6.07) is 1.02. The van der Waals surface area contributed by atoms with Crippen LogP contribution in [0, 0.1) is 0 Å². The molecule has 0 amide bonds. The van der Waals surface area contributed by atoms with E-state index in [1.165, 1.54) is 0 Å². The zero-order valence-electron chi connectivity index (χ0n) is 10.9. The Labute approximate surface area is 90.7 Å². The highest BCUT2D eigenvalue weighted by molar-refractivity contribution is 6.75. The SMILES string of the molecule is C=CC[Si](C)(OC(C)(C)C)C(C)(C)C. The molecule has 14 heavy (non-hydrogen) atoms. The van der Waals surface area contributed by atoms with Gasteiger partial charge in [-0.3, -0.25) is 0 Å². The quantitative estimate of drug-likeness (QED) is 0.501. The van der Waals surface area contributed by atoms with Crippen LogP contribution in [0.25, 0.3) is 0 Å². The summed E-state index contributed by atoms with van der Waals surface area (Å²) in [6.07, 6.45) is 2.00. The van der Waals surface area contributed by atoms with Gasteiger partial charge in [-0.15, -0.1) is 6.58 Å². The van der Waals surface area contributed by atoms with Crippen molar-refractivity contribution in [3.05, 3.63) is 12.7 Å². The van der Waals surface area contributed by atoms with Crippen LogP contribution in [0.3, 0.4) is 0 Å². The van der Waals surface area contributed by atoms with Gasteiger partial charge in [0.2, 0.25) is 0 Å². The maximum absolute atomic E-state index is 6.30. The van der Waals surface area contributed by atoms with Crippen molar-refractivity contribution in [3.8, 4) is 0 Å². The minimum Gasteiger partial charge on any atom is -0.412 e. The molecule has 1 unspecified atom stereocenters. The molecule has 1 atom stereocenters.